The smallest absolute Gasteiger partial charge is 0.267 e. The molecule has 1 aliphatic rings. The van der Waals surface area contributed by atoms with Crippen molar-refractivity contribution in [1.29, 1.82) is 0 Å². The quantitative estimate of drug-likeness (QED) is 0.750. The van der Waals surface area contributed by atoms with Crippen LogP contribution in [0.25, 0.3) is 0 Å². The topological polar surface area (TPSA) is 60.9 Å². The summed E-state index contributed by atoms with van der Waals surface area (Å²) in [6.45, 7) is 2.41. The zero-order chi connectivity index (χ0) is 10.1. The van der Waals surface area contributed by atoms with E-state index in [1.165, 1.54) is 17.5 Å². The van der Waals surface area contributed by atoms with Gasteiger partial charge >= 0.3 is 0 Å². The number of rotatable bonds is 3. The van der Waals surface area contributed by atoms with Crippen LogP contribution in [-0.2, 0) is 6.54 Å². The van der Waals surface area contributed by atoms with Gasteiger partial charge in [-0.1, -0.05) is 0 Å². The van der Waals surface area contributed by atoms with Gasteiger partial charge in [-0.05, 0) is 31.2 Å². The summed E-state index contributed by atoms with van der Waals surface area (Å²) in [5.41, 5.74) is 6.76. The highest BCUT2D eigenvalue weighted by atomic mass is 16.1. The zero-order valence-corrected chi connectivity index (χ0v) is 8.31. The number of nitrogens with zero attached hydrogens (tertiary/aromatic N) is 2. The lowest BCUT2D eigenvalue weighted by Crippen LogP contribution is -2.34. The molecule has 0 bridgehead atoms. The fraction of sp³-hybridized carbons (Fsp3) is 0.600. The number of nitrogens with two attached hydrogens (primary N) is 1. The number of aromatic nitrogens is 2. The predicted octanol–water partition coefficient (Wildman–Crippen LogP) is 0.289. The summed E-state index contributed by atoms with van der Waals surface area (Å²) in [7, 11) is 0. The minimum absolute atomic E-state index is 0.0545. The summed E-state index contributed by atoms with van der Waals surface area (Å²) in [4.78, 5) is 11.5. The first kappa shape index (κ1) is 9.40. The molecule has 4 nitrogen and oxygen atoms in total. The summed E-state index contributed by atoms with van der Waals surface area (Å²) in [5.74, 6) is 0.602. The van der Waals surface area contributed by atoms with Crippen LogP contribution in [0.2, 0.25) is 0 Å². The maximum atomic E-state index is 11.5. The Morgan fingerprint density at radius 1 is 1.71 bits per heavy atom. The van der Waals surface area contributed by atoms with Crippen LogP contribution >= 0.6 is 0 Å². The normalized spacial score (nSPS) is 18.1. The molecule has 2 N–H and O–H groups in total. The van der Waals surface area contributed by atoms with Crippen molar-refractivity contribution in [1.82, 2.24) is 9.78 Å². The number of aryl methyl sites for hydroxylation is 1. The van der Waals surface area contributed by atoms with Crippen molar-refractivity contribution in [2.75, 3.05) is 0 Å². The van der Waals surface area contributed by atoms with Crippen LogP contribution in [0.5, 0.6) is 0 Å². The molecular weight excluding hydrogens is 178 g/mol. The van der Waals surface area contributed by atoms with Crippen LogP contribution in [0.15, 0.2) is 17.1 Å². The second-order valence-electron chi connectivity index (χ2n) is 4.05. The second-order valence-corrected chi connectivity index (χ2v) is 4.05. The molecule has 76 valence electrons. The molecule has 0 saturated heterocycles. The third kappa shape index (κ3) is 2.01. The van der Waals surface area contributed by atoms with Gasteiger partial charge in [-0.15, -0.1) is 0 Å². The standard InChI is InChI=1S/C10H15N3O/c1-7-4-10(14)13(12-5-7)6-9(11)8-2-3-8/h4-5,8-9H,2-3,6,11H2,1H3. The van der Waals surface area contributed by atoms with Crippen molar-refractivity contribution in [2.45, 2.75) is 32.4 Å². The molecule has 1 aromatic heterocycles. The Hall–Kier alpha value is -1.16. The SMILES string of the molecule is Cc1cnn(CC(N)C2CC2)c(=O)c1. The van der Waals surface area contributed by atoms with Crippen molar-refractivity contribution in [3.63, 3.8) is 0 Å². The Bertz CT molecular complexity index is 381. The molecule has 1 saturated carbocycles. The largest absolute Gasteiger partial charge is 0.326 e. The molecule has 1 aromatic rings. The minimum Gasteiger partial charge on any atom is -0.326 e. The summed E-state index contributed by atoms with van der Waals surface area (Å²) in [6, 6.07) is 1.68. The van der Waals surface area contributed by atoms with E-state index in [0.717, 1.165) is 5.56 Å². The fourth-order valence-corrected chi connectivity index (χ4v) is 1.53. The van der Waals surface area contributed by atoms with Gasteiger partial charge in [0.25, 0.3) is 5.56 Å². The van der Waals surface area contributed by atoms with Crippen LogP contribution in [-0.4, -0.2) is 15.8 Å². The molecule has 1 aliphatic carbocycles. The summed E-state index contributed by atoms with van der Waals surface area (Å²) in [5, 5.41) is 4.05. The molecule has 14 heavy (non-hydrogen) atoms. The molecule has 0 spiro atoms. The Morgan fingerprint density at radius 2 is 2.43 bits per heavy atom. The Balaban J connectivity index is 2.12. The van der Waals surface area contributed by atoms with Crippen molar-refractivity contribution in [3.8, 4) is 0 Å². The van der Waals surface area contributed by atoms with Gasteiger partial charge in [-0.3, -0.25) is 4.79 Å². The van der Waals surface area contributed by atoms with E-state index in [1.54, 1.807) is 12.3 Å². The lowest BCUT2D eigenvalue weighted by atomic mass is 10.2. The van der Waals surface area contributed by atoms with E-state index in [4.69, 9.17) is 5.73 Å². The van der Waals surface area contributed by atoms with E-state index >= 15 is 0 Å². The highest BCUT2D eigenvalue weighted by Crippen LogP contribution is 2.31. The van der Waals surface area contributed by atoms with Crippen LogP contribution in [0.4, 0.5) is 0 Å². The van der Waals surface area contributed by atoms with Crippen molar-refractivity contribution < 1.29 is 0 Å². The van der Waals surface area contributed by atoms with Gasteiger partial charge in [-0.2, -0.15) is 5.10 Å². The van der Waals surface area contributed by atoms with Crippen LogP contribution in [0.1, 0.15) is 18.4 Å². The molecule has 1 fully saturated rings. The maximum absolute atomic E-state index is 11.5. The van der Waals surface area contributed by atoms with E-state index in [9.17, 15) is 4.79 Å². The van der Waals surface area contributed by atoms with E-state index in [0.29, 0.717) is 12.5 Å². The molecule has 2 rings (SSSR count). The third-order valence-corrected chi connectivity index (χ3v) is 2.62. The Morgan fingerprint density at radius 3 is 3.00 bits per heavy atom. The first-order valence-corrected chi connectivity index (χ1v) is 4.96. The molecular formula is C10H15N3O. The van der Waals surface area contributed by atoms with Crippen molar-refractivity contribution in [2.24, 2.45) is 11.7 Å². The van der Waals surface area contributed by atoms with E-state index in [1.807, 2.05) is 6.92 Å². The summed E-state index contributed by atoms with van der Waals surface area (Å²) >= 11 is 0. The molecule has 0 aromatic carbocycles. The van der Waals surface area contributed by atoms with Gasteiger partial charge in [0.2, 0.25) is 0 Å². The highest BCUT2D eigenvalue weighted by molar-refractivity contribution is 5.02. The van der Waals surface area contributed by atoms with Crippen LogP contribution in [0, 0.1) is 12.8 Å². The Labute approximate surface area is 82.7 Å². The Kier molecular flexibility index (Phi) is 2.37. The fourth-order valence-electron chi connectivity index (χ4n) is 1.53. The number of hydrogen-bond acceptors (Lipinski definition) is 3. The molecule has 1 unspecified atom stereocenters. The molecule has 0 amide bonds. The monoisotopic (exact) mass is 193 g/mol. The van der Waals surface area contributed by atoms with E-state index in [-0.39, 0.29) is 11.6 Å². The van der Waals surface area contributed by atoms with Gasteiger partial charge in [-0.25, -0.2) is 4.68 Å². The van der Waals surface area contributed by atoms with Crippen LogP contribution in [0.3, 0.4) is 0 Å². The van der Waals surface area contributed by atoms with Crippen molar-refractivity contribution >= 4 is 0 Å². The first-order chi connectivity index (χ1) is 6.66. The minimum atomic E-state index is -0.0545. The van der Waals surface area contributed by atoms with Gasteiger partial charge in [0.1, 0.15) is 0 Å². The summed E-state index contributed by atoms with van der Waals surface area (Å²) < 4.78 is 1.45. The van der Waals surface area contributed by atoms with E-state index < -0.39 is 0 Å². The first-order valence-electron chi connectivity index (χ1n) is 4.96. The lowest BCUT2D eigenvalue weighted by Gasteiger charge is -2.10. The van der Waals surface area contributed by atoms with Crippen molar-refractivity contribution in [3.05, 3.63) is 28.2 Å². The number of hydrogen-bond donors (Lipinski definition) is 1. The lowest BCUT2D eigenvalue weighted by molar-refractivity contribution is 0.454. The molecule has 1 atom stereocenters. The summed E-state index contributed by atoms with van der Waals surface area (Å²) in [6.07, 6.45) is 4.09. The molecule has 1 heterocycles. The van der Waals surface area contributed by atoms with Gasteiger partial charge in [0.15, 0.2) is 0 Å². The average molecular weight is 193 g/mol. The van der Waals surface area contributed by atoms with E-state index in [2.05, 4.69) is 5.10 Å². The zero-order valence-electron chi connectivity index (χ0n) is 8.31. The average Bonchev–Trinajstić information content (AvgIpc) is 2.92. The van der Waals surface area contributed by atoms with Crippen LogP contribution < -0.4 is 11.3 Å². The van der Waals surface area contributed by atoms with Gasteiger partial charge in [0, 0.05) is 12.1 Å². The molecule has 4 heteroatoms. The van der Waals surface area contributed by atoms with Gasteiger partial charge < -0.3 is 5.73 Å². The highest BCUT2D eigenvalue weighted by Gasteiger charge is 2.28. The second kappa shape index (κ2) is 3.53. The predicted molar refractivity (Wildman–Crippen MR) is 53.9 cm³/mol. The molecule has 0 aliphatic heterocycles. The maximum Gasteiger partial charge on any atom is 0.267 e. The van der Waals surface area contributed by atoms with Gasteiger partial charge in [0.05, 0.1) is 12.7 Å². The molecule has 0 radical (unpaired) electrons. The third-order valence-electron chi connectivity index (χ3n) is 2.62.